The van der Waals surface area contributed by atoms with Crippen LogP contribution in [-0.4, -0.2) is 70.3 Å². The molecule has 1 amide bonds. The number of phenolic OH excluding ortho intramolecular Hbond substituents is 1. The molecule has 232 valence electrons. The fourth-order valence-corrected chi connectivity index (χ4v) is 8.37. The minimum Gasteiger partial charge on any atom is -0.507 e. The fraction of sp³-hybridized carbons (Fsp3) is 0.625. The standard InChI is InChI=1S/C32H43N5O6/c1-15(2)9-17(10-16(3)4)11-18-7-8-20(38)21-19(18)12-30(35)13-32(36)26(37(5)6)25(40)22(29(34)43)27(41)31(32,14-33)28(42)23(30)24(21)39/h7-8,15-17,22-23,26,38H,9-13,35-36H2,1-6H3,(H2,34,43)/t22?,23?,26-,30-,31+,32-/m1/s1. The van der Waals surface area contributed by atoms with Gasteiger partial charge < -0.3 is 22.3 Å². The van der Waals surface area contributed by atoms with Crippen molar-refractivity contribution < 1.29 is 29.1 Å². The largest absolute Gasteiger partial charge is 0.507 e. The molecular formula is C32H43N5O6. The number of fused-ring (bicyclic) bond motifs is 3. The molecule has 2 unspecified atom stereocenters. The fourth-order valence-electron chi connectivity index (χ4n) is 8.37. The second-order valence-electron chi connectivity index (χ2n) is 14.0. The van der Waals surface area contributed by atoms with Crippen molar-refractivity contribution in [3.05, 3.63) is 28.8 Å². The van der Waals surface area contributed by atoms with Gasteiger partial charge in [0.05, 0.1) is 23.2 Å². The van der Waals surface area contributed by atoms with Gasteiger partial charge in [0.15, 0.2) is 34.5 Å². The smallest absolute Gasteiger partial charge is 0.235 e. The SMILES string of the molecule is CC(C)CC(Cc1ccc(O)c2c1C[C@@]1(N)C[C@@]3(N)[C@H](N(C)C)C(=O)C(C(N)=O)C(=O)[C@@]3(C#N)C(=O)C1C2=O)CC(C)C. The third-order valence-electron chi connectivity index (χ3n) is 9.69. The van der Waals surface area contributed by atoms with Crippen LogP contribution in [0.4, 0.5) is 0 Å². The summed E-state index contributed by atoms with van der Waals surface area (Å²) in [6, 6.07) is 3.50. The van der Waals surface area contributed by atoms with Crippen molar-refractivity contribution >= 4 is 29.0 Å². The van der Waals surface area contributed by atoms with E-state index in [1.54, 1.807) is 12.1 Å². The number of benzene rings is 1. The molecule has 0 bridgehead atoms. The number of aromatic hydroxyl groups is 1. The second kappa shape index (κ2) is 10.9. The summed E-state index contributed by atoms with van der Waals surface area (Å²) in [4.78, 5) is 69.8. The van der Waals surface area contributed by atoms with Gasteiger partial charge in [0.2, 0.25) is 5.91 Å². The van der Waals surface area contributed by atoms with Crippen LogP contribution in [0.1, 0.15) is 68.4 Å². The molecule has 0 aliphatic heterocycles. The van der Waals surface area contributed by atoms with Crippen molar-refractivity contribution in [3.8, 4) is 11.8 Å². The number of nitrogens with two attached hydrogens (primary N) is 3. The molecule has 0 saturated heterocycles. The number of hydrogen-bond donors (Lipinski definition) is 4. The van der Waals surface area contributed by atoms with Crippen molar-refractivity contribution in [1.82, 2.24) is 4.90 Å². The van der Waals surface area contributed by atoms with E-state index in [-0.39, 0.29) is 23.7 Å². The van der Waals surface area contributed by atoms with Crippen LogP contribution in [0.5, 0.6) is 5.75 Å². The number of rotatable bonds is 8. The van der Waals surface area contributed by atoms with Gasteiger partial charge >= 0.3 is 0 Å². The number of phenols is 1. The van der Waals surface area contributed by atoms with E-state index in [4.69, 9.17) is 17.2 Å². The molecule has 43 heavy (non-hydrogen) atoms. The minimum atomic E-state index is -2.75. The van der Waals surface area contributed by atoms with E-state index in [1.165, 1.54) is 25.1 Å². The highest BCUT2D eigenvalue weighted by Gasteiger charge is 2.78. The second-order valence-corrected chi connectivity index (χ2v) is 14.0. The summed E-state index contributed by atoms with van der Waals surface area (Å²) in [5, 5.41) is 21.4. The molecular weight excluding hydrogens is 550 g/mol. The molecule has 2 saturated carbocycles. The maximum Gasteiger partial charge on any atom is 0.235 e. The molecule has 1 aromatic carbocycles. The van der Waals surface area contributed by atoms with E-state index < -0.39 is 69.8 Å². The quantitative estimate of drug-likeness (QED) is 0.315. The van der Waals surface area contributed by atoms with Crippen molar-refractivity contribution in [3.63, 3.8) is 0 Å². The number of amides is 1. The van der Waals surface area contributed by atoms with E-state index in [2.05, 4.69) is 27.7 Å². The molecule has 2 fully saturated rings. The lowest BCUT2D eigenvalue weighted by molar-refractivity contribution is -0.166. The van der Waals surface area contributed by atoms with Gasteiger partial charge in [-0.05, 0) is 81.1 Å². The van der Waals surface area contributed by atoms with Crippen LogP contribution in [-0.2, 0) is 32.0 Å². The zero-order valence-electron chi connectivity index (χ0n) is 25.8. The van der Waals surface area contributed by atoms with Gasteiger partial charge in [-0.15, -0.1) is 0 Å². The first kappa shape index (κ1) is 32.5. The molecule has 3 aliphatic rings. The minimum absolute atomic E-state index is 0.0491. The average Bonchev–Trinajstić information content (AvgIpc) is 2.83. The molecule has 7 N–H and O–H groups in total. The molecule has 11 nitrogen and oxygen atoms in total. The van der Waals surface area contributed by atoms with Gasteiger partial charge in [-0.3, -0.25) is 28.9 Å². The molecule has 3 aliphatic carbocycles. The molecule has 4 rings (SSSR count). The Morgan fingerprint density at radius 2 is 1.65 bits per heavy atom. The monoisotopic (exact) mass is 593 g/mol. The van der Waals surface area contributed by atoms with Gasteiger partial charge in [0, 0.05) is 5.54 Å². The third-order valence-corrected chi connectivity index (χ3v) is 9.69. The van der Waals surface area contributed by atoms with Crippen LogP contribution >= 0.6 is 0 Å². The zero-order chi connectivity index (χ0) is 32.4. The summed E-state index contributed by atoms with van der Waals surface area (Å²) in [5.74, 6) is -8.52. The highest BCUT2D eigenvalue weighted by atomic mass is 16.3. The Kier molecular flexibility index (Phi) is 8.24. The summed E-state index contributed by atoms with van der Waals surface area (Å²) in [6.45, 7) is 8.59. The van der Waals surface area contributed by atoms with Crippen molar-refractivity contribution in [2.75, 3.05) is 14.1 Å². The molecule has 1 aromatic rings. The van der Waals surface area contributed by atoms with Crippen LogP contribution in [0, 0.1) is 46.3 Å². The number of primary amides is 1. The third kappa shape index (κ3) is 4.71. The summed E-state index contributed by atoms with van der Waals surface area (Å²) in [5.41, 5.74) is 14.0. The van der Waals surface area contributed by atoms with Crippen LogP contribution in [0.3, 0.4) is 0 Å². The number of Topliss-reactive ketones (excluding diaryl/α,β-unsaturated/α-hetero) is 4. The predicted molar refractivity (Wildman–Crippen MR) is 157 cm³/mol. The highest BCUT2D eigenvalue weighted by Crippen LogP contribution is 2.56. The zero-order valence-corrected chi connectivity index (χ0v) is 25.8. The van der Waals surface area contributed by atoms with Gasteiger partial charge in [0.1, 0.15) is 11.7 Å². The normalized spacial score (nSPS) is 32.2. The van der Waals surface area contributed by atoms with Crippen LogP contribution in [0.2, 0.25) is 0 Å². The lowest BCUT2D eigenvalue weighted by atomic mass is 9.42. The molecule has 0 radical (unpaired) electrons. The number of carbonyl (C=O) groups excluding carboxylic acids is 5. The summed E-state index contributed by atoms with van der Waals surface area (Å²) in [7, 11) is 2.96. The Morgan fingerprint density at radius 1 is 1.07 bits per heavy atom. The lowest BCUT2D eigenvalue weighted by Crippen LogP contribution is -2.85. The Hall–Kier alpha value is -3.46. The van der Waals surface area contributed by atoms with E-state index >= 15 is 0 Å². The van der Waals surface area contributed by atoms with Crippen LogP contribution in [0.15, 0.2) is 12.1 Å². The van der Waals surface area contributed by atoms with Gasteiger partial charge in [-0.1, -0.05) is 33.8 Å². The number of carbonyl (C=O) groups is 5. The number of hydrogen-bond acceptors (Lipinski definition) is 10. The predicted octanol–water partition coefficient (Wildman–Crippen LogP) is 1.06. The topological polar surface area (TPSA) is 211 Å². The highest BCUT2D eigenvalue weighted by molar-refractivity contribution is 6.33. The molecule has 11 heteroatoms. The van der Waals surface area contributed by atoms with E-state index in [9.17, 15) is 34.3 Å². The van der Waals surface area contributed by atoms with E-state index in [0.29, 0.717) is 23.8 Å². The Bertz CT molecular complexity index is 1440. The van der Waals surface area contributed by atoms with Gasteiger partial charge in [0.25, 0.3) is 0 Å². The lowest BCUT2D eigenvalue weighted by Gasteiger charge is -2.60. The number of nitrogens with zero attached hydrogens (tertiary/aromatic N) is 2. The first-order valence-corrected chi connectivity index (χ1v) is 14.8. The van der Waals surface area contributed by atoms with Gasteiger partial charge in [-0.25, -0.2) is 0 Å². The van der Waals surface area contributed by atoms with Crippen molar-refractivity contribution in [2.24, 2.45) is 52.2 Å². The van der Waals surface area contributed by atoms with E-state index in [1.807, 2.05) is 0 Å². The Morgan fingerprint density at radius 3 is 2.14 bits per heavy atom. The van der Waals surface area contributed by atoms with Crippen molar-refractivity contribution in [1.29, 1.82) is 5.26 Å². The van der Waals surface area contributed by atoms with Gasteiger partial charge in [-0.2, -0.15) is 5.26 Å². The average molecular weight is 594 g/mol. The number of likely N-dealkylation sites (N-methyl/N-ethyl adjacent to an activating group) is 1. The summed E-state index contributed by atoms with van der Waals surface area (Å²) < 4.78 is 0. The first-order valence-electron chi connectivity index (χ1n) is 14.8. The van der Waals surface area contributed by atoms with Crippen molar-refractivity contribution in [2.45, 2.75) is 76.9 Å². The summed E-state index contributed by atoms with van der Waals surface area (Å²) >= 11 is 0. The van der Waals surface area contributed by atoms with E-state index in [0.717, 1.165) is 18.4 Å². The Labute approximate surface area is 252 Å². The molecule has 0 heterocycles. The molecule has 0 aromatic heterocycles. The maximum atomic E-state index is 14.5. The summed E-state index contributed by atoms with van der Waals surface area (Å²) in [6.07, 6.45) is 2.05. The Balaban J connectivity index is 1.92. The number of ketones is 4. The first-order chi connectivity index (χ1) is 19.9. The number of nitriles is 1. The maximum absolute atomic E-state index is 14.5. The van der Waals surface area contributed by atoms with Crippen LogP contribution in [0.25, 0.3) is 0 Å². The molecule has 0 spiro atoms. The molecule has 6 atom stereocenters. The van der Waals surface area contributed by atoms with Crippen LogP contribution < -0.4 is 17.2 Å².